The summed E-state index contributed by atoms with van der Waals surface area (Å²) >= 11 is 0. The Labute approximate surface area is 143 Å². The zero-order chi connectivity index (χ0) is 18.1. The molecular formula is C17H18FN5O2. The van der Waals surface area contributed by atoms with Crippen LogP contribution in [0.2, 0.25) is 0 Å². The van der Waals surface area contributed by atoms with Gasteiger partial charge < -0.3 is 15.1 Å². The molecule has 0 unspecified atom stereocenters. The van der Waals surface area contributed by atoms with Gasteiger partial charge in [-0.1, -0.05) is 6.07 Å². The number of benzene rings is 1. The minimum absolute atomic E-state index is 0.130. The molecule has 7 nitrogen and oxygen atoms in total. The molecule has 0 radical (unpaired) electrons. The van der Waals surface area contributed by atoms with Gasteiger partial charge in [0.2, 0.25) is 5.91 Å². The van der Waals surface area contributed by atoms with E-state index in [2.05, 4.69) is 25.6 Å². The maximum absolute atomic E-state index is 13.9. The largest absolute Gasteiger partial charge is 0.422 e. The maximum atomic E-state index is 13.9. The van der Waals surface area contributed by atoms with Gasteiger partial charge in [0.25, 0.3) is 5.71 Å². The van der Waals surface area contributed by atoms with Gasteiger partial charge in [-0.05, 0) is 38.5 Å². The fourth-order valence-electron chi connectivity index (χ4n) is 2.37. The molecule has 0 saturated carbocycles. The lowest BCUT2D eigenvalue weighted by molar-refractivity contribution is -0.116. The van der Waals surface area contributed by atoms with E-state index in [1.807, 2.05) is 0 Å². The van der Waals surface area contributed by atoms with Gasteiger partial charge in [-0.2, -0.15) is 4.98 Å². The van der Waals surface area contributed by atoms with E-state index in [1.165, 1.54) is 12.1 Å². The number of aryl methyl sites for hydroxylation is 3. The van der Waals surface area contributed by atoms with Crippen molar-refractivity contribution in [3.63, 3.8) is 0 Å². The van der Waals surface area contributed by atoms with Crippen LogP contribution in [-0.4, -0.2) is 26.9 Å². The number of oxazole rings is 1. The van der Waals surface area contributed by atoms with E-state index in [9.17, 15) is 9.18 Å². The van der Waals surface area contributed by atoms with Crippen molar-refractivity contribution in [3.8, 4) is 0 Å². The van der Waals surface area contributed by atoms with Crippen LogP contribution in [0.25, 0.3) is 11.2 Å². The number of halogens is 1. The number of fused-ring (bicyclic) bond motifs is 1. The number of aromatic nitrogens is 3. The highest BCUT2D eigenvalue weighted by molar-refractivity contribution is 5.97. The van der Waals surface area contributed by atoms with Gasteiger partial charge in [-0.15, -0.1) is 0 Å². The highest BCUT2D eigenvalue weighted by atomic mass is 19.1. The van der Waals surface area contributed by atoms with Gasteiger partial charge in [0.15, 0.2) is 17.2 Å². The second-order valence-electron chi connectivity index (χ2n) is 5.84. The van der Waals surface area contributed by atoms with Crippen LogP contribution in [0.3, 0.4) is 0 Å². The molecule has 1 atom stereocenters. The molecule has 0 bridgehead atoms. The Bertz CT molecular complexity index is 954. The van der Waals surface area contributed by atoms with Crippen molar-refractivity contribution in [1.82, 2.24) is 15.0 Å². The Kier molecular flexibility index (Phi) is 4.35. The predicted molar refractivity (Wildman–Crippen MR) is 91.9 cm³/mol. The fourth-order valence-corrected chi connectivity index (χ4v) is 2.37. The summed E-state index contributed by atoms with van der Waals surface area (Å²) in [6.07, 6.45) is 0. The maximum Gasteiger partial charge on any atom is 0.252 e. The number of nitrogens with one attached hydrogen (secondary N) is 2. The summed E-state index contributed by atoms with van der Waals surface area (Å²) in [5, 5.41) is 5.54. The van der Waals surface area contributed by atoms with E-state index < -0.39 is 17.8 Å². The van der Waals surface area contributed by atoms with E-state index >= 15 is 0 Å². The summed E-state index contributed by atoms with van der Waals surface area (Å²) < 4.78 is 19.3. The quantitative estimate of drug-likeness (QED) is 0.756. The molecule has 0 aliphatic carbocycles. The number of hydrogen-bond donors (Lipinski definition) is 2. The fraction of sp³-hybridized carbons (Fsp3) is 0.294. The van der Waals surface area contributed by atoms with E-state index in [4.69, 9.17) is 4.42 Å². The molecule has 2 aromatic heterocycles. The molecule has 130 valence electrons. The lowest BCUT2D eigenvalue weighted by Crippen LogP contribution is -2.32. The van der Waals surface area contributed by atoms with Crippen molar-refractivity contribution in [1.29, 1.82) is 0 Å². The Morgan fingerprint density at radius 1 is 1.20 bits per heavy atom. The van der Waals surface area contributed by atoms with Crippen LogP contribution in [0.15, 0.2) is 22.6 Å². The van der Waals surface area contributed by atoms with E-state index in [0.717, 1.165) is 5.56 Å². The first kappa shape index (κ1) is 16.8. The Hall–Kier alpha value is -3.03. The minimum atomic E-state index is -0.671. The number of rotatable bonds is 4. The van der Waals surface area contributed by atoms with Crippen molar-refractivity contribution in [2.75, 3.05) is 10.6 Å². The summed E-state index contributed by atoms with van der Waals surface area (Å²) in [5.74, 6) is 0.465. The lowest BCUT2D eigenvalue weighted by atomic mass is 10.2. The molecule has 0 spiro atoms. The van der Waals surface area contributed by atoms with Gasteiger partial charge in [0.05, 0.1) is 5.69 Å². The SMILES string of the molecule is Cc1ccc(NC(=O)[C@@H](C)Nc2nc(C)nc3oc(C)nc23)c(F)c1. The smallest absolute Gasteiger partial charge is 0.252 e. The van der Waals surface area contributed by atoms with Crippen LogP contribution < -0.4 is 10.6 Å². The Balaban J connectivity index is 1.80. The molecule has 2 N–H and O–H groups in total. The predicted octanol–water partition coefficient (Wildman–Crippen LogP) is 3.12. The Morgan fingerprint density at radius 2 is 1.96 bits per heavy atom. The van der Waals surface area contributed by atoms with E-state index in [1.54, 1.807) is 33.8 Å². The Morgan fingerprint density at radius 3 is 2.68 bits per heavy atom. The normalized spacial score (nSPS) is 12.2. The second-order valence-corrected chi connectivity index (χ2v) is 5.84. The molecule has 0 saturated heterocycles. The zero-order valence-corrected chi connectivity index (χ0v) is 14.3. The van der Waals surface area contributed by atoms with Crippen molar-refractivity contribution in [3.05, 3.63) is 41.3 Å². The molecule has 1 aromatic carbocycles. The van der Waals surface area contributed by atoms with E-state index in [-0.39, 0.29) is 5.69 Å². The van der Waals surface area contributed by atoms with E-state index in [0.29, 0.717) is 28.8 Å². The lowest BCUT2D eigenvalue weighted by Gasteiger charge is -2.15. The first-order valence-corrected chi connectivity index (χ1v) is 7.79. The molecule has 3 rings (SSSR count). The standard InChI is InChI=1S/C17H18FN5O2/c1-8-5-6-13(12(18)7-8)23-16(24)9(2)19-15-14-17(21-10(3)20-15)25-11(4)22-14/h5-7,9H,1-4H3,(H,23,24)(H,19,20,21)/t9-/m1/s1. The monoisotopic (exact) mass is 343 g/mol. The number of hydrogen-bond acceptors (Lipinski definition) is 6. The first-order chi connectivity index (χ1) is 11.8. The second kappa shape index (κ2) is 6.46. The molecule has 1 amide bonds. The van der Waals surface area contributed by atoms with Gasteiger partial charge in [-0.25, -0.2) is 14.4 Å². The van der Waals surface area contributed by atoms with Crippen molar-refractivity contribution >= 4 is 28.6 Å². The van der Waals surface area contributed by atoms with Crippen LogP contribution in [0.5, 0.6) is 0 Å². The summed E-state index contributed by atoms with van der Waals surface area (Å²) in [6.45, 7) is 6.85. The third kappa shape index (κ3) is 3.57. The zero-order valence-electron chi connectivity index (χ0n) is 14.3. The topological polar surface area (TPSA) is 92.9 Å². The summed E-state index contributed by atoms with van der Waals surface area (Å²) in [4.78, 5) is 25.0. The van der Waals surface area contributed by atoms with Crippen LogP contribution in [0, 0.1) is 26.6 Å². The third-order valence-electron chi connectivity index (χ3n) is 3.61. The molecule has 8 heteroatoms. The van der Waals surface area contributed by atoms with Crippen LogP contribution >= 0.6 is 0 Å². The molecule has 2 heterocycles. The molecule has 0 aliphatic rings. The molecule has 0 fully saturated rings. The number of amides is 1. The average molecular weight is 343 g/mol. The average Bonchev–Trinajstić information content (AvgIpc) is 2.90. The number of carbonyl (C=O) groups excluding carboxylic acids is 1. The number of anilines is 2. The molecular weight excluding hydrogens is 325 g/mol. The highest BCUT2D eigenvalue weighted by Gasteiger charge is 2.19. The van der Waals surface area contributed by atoms with Crippen molar-refractivity contribution in [2.45, 2.75) is 33.7 Å². The molecule has 0 aliphatic heterocycles. The van der Waals surface area contributed by atoms with Gasteiger partial charge in [0, 0.05) is 6.92 Å². The van der Waals surface area contributed by atoms with Gasteiger partial charge >= 0.3 is 0 Å². The minimum Gasteiger partial charge on any atom is -0.422 e. The summed E-state index contributed by atoms with van der Waals surface area (Å²) in [7, 11) is 0. The van der Waals surface area contributed by atoms with Crippen LogP contribution in [-0.2, 0) is 4.79 Å². The molecule has 3 aromatic rings. The van der Waals surface area contributed by atoms with Crippen molar-refractivity contribution < 1.29 is 13.6 Å². The number of nitrogens with zero attached hydrogens (tertiary/aromatic N) is 3. The van der Waals surface area contributed by atoms with Crippen molar-refractivity contribution in [2.24, 2.45) is 0 Å². The van der Waals surface area contributed by atoms with Crippen LogP contribution in [0.1, 0.15) is 24.2 Å². The molecule has 25 heavy (non-hydrogen) atoms. The van der Waals surface area contributed by atoms with Gasteiger partial charge in [-0.3, -0.25) is 4.79 Å². The highest BCUT2D eigenvalue weighted by Crippen LogP contribution is 2.21. The first-order valence-electron chi connectivity index (χ1n) is 7.79. The summed E-state index contributed by atoms with van der Waals surface area (Å²) in [5.41, 5.74) is 1.71. The third-order valence-corrected chi connectivity index (χ3v) is 3.61. The van der Waals surface area contributed by atoms with Gasteiger partial charge in [0.1, 0.15) is 17.7 Å². The van der Waals surface area contributed by atoms with Crippen LogP contribution in [0.4, 0.5) is 15.9 Å². The number of carbonyl (C=O) groups is 1. The summed E-state index contributed by atoms with van der Waals surface area (Å²) in [6, 6.07) is 3.95.